The molecule has 0 unspecified atom stereocenters. The SMILES string of the molecule is COc1ccc(C(=O)c2ccccc2)c(O)c1.O=C(O)CCCCCCC(=O)O. The largest absolute Gasteiger partial charge is 0.507 e. The molecular formula is C22H26O7. The smallest absolute Gasteiger partial charge is 0.303 e. The molecule has 0 fully saturated rings. The minimum Gasteiger partial charge on any atom is -0.507 e. The number of hydrogen-bond donors (Lipinski definition) is 3. The molecule has 7 nitrogen and oxygen atoms in total. The Bertz CT molecular complexity index is 782. The zero-order valence-electron chi connectivity index (χ0n) is 16.3. The van der Waals surface area contributed by atoms with Crippen LogP contribution in [-0.4, -0.2) is 40.2 Å². The molecule has 0 aliphatic heterocycles. The van der Waals surface area contributed by atoms with Crippen LogP contribution in [0, 0.1) is 0 Å². The highest BCUT2D eigenvalue weighted by molar-refractivity contribution is 6.10. The van der Waals surface area contributed by atoms with Gasteiger partial charge >= 0.3 is 11.9 Å². The lowest BCUT2D eigenvalue weighted by atomic mass is 10.0. The molecule has 0 spiro atoms. The topological polar surface area (TPSA) is 121 Å². The summed E-state index contributed by atoms with van der Waals surface area (Å²) in [5.74, 6) is -1.32. The summed E-state index contributed by atoms with van der Waals surface area (Å²) in [6, 6.07) is 13.5. The molecule has 29 heavy (non-hydrogen) atoms. The number of methoxy groups -OCH3 is 1. The molecule has 0 atom stereocenters. The molecule has 0 aliphatic rings. The molecule has 0 aliphatic carbocycles. The van der Waals surface area contributed by atoms with Gasteiger partial charge in [0.15, 0.2) is 5.78 Å². The van der Waals surface area contributed by atoms with Crippen LogP contribution in [-0.2, 0) is 9.59 Å². The lowest BCUT2D eigenvalue weighted by Crippen LogP contribution is -2.01. The molecule has 3 N–H and O–H groups in total. The fourth-order valence-electron chi connectivity index (χ4n) is 2.48. The predicted molar refractivity (Wildman–Crippen MR) is 108 cm³/mol. The van der Waals surface area contributed by atoms with Crippen molar-refractivity contribution in [3.05, 3.63) is 59.7 Å². The van der Waals surface area contributed by atoms with E-state index in [9.17, 15) is 19.5 Å². The van der Waals surface area contributed by atoms with E-state index in [-0.39, 0.29) is 29.9 Å². The lowest BCUT2D eigenvalue weighted by Gasteiger charge is -2.06. The van der Waals surface area contributed by atoms with Crippen LogP contribution in [0.1, 0.15) is 54.4 Å². The number of carboxylic acid groups (broad SMARTS) is 2. The van der Waals surface area contributed by atoms with E-state index in [1.165, 1.54) is 13.2 Å². The highest BCUT2D eigenvalue weighted by Gasteiger charge is 2.13. The zero-order valence-corrected chi connectivity index (χ0v) is 16.3. The predicted octanol–water partition coefficient (Wildman–Crippen LogP) is 4.13. The number of ether oxygens (including phenoxy) is 1. The van der Waals surface area contributed by atoms with Crippen LogP contribution in [0.25, 0.3) is 0 Å². The second-order valence-corrected chi connectivity index (χ2v) is 6.28. The van der Waals surface area contributed by atoms with Gasteiger partial charge in [0.25, 0.3) is 0 Å². The average molecular weight is 402 g/mol. The Morgan fingerprint density at radius 2 is 1.38 bits per heavy atom. The van der Waals surface area contributed by atoms with Crippen molar-refractivity contribution in [1.29, 1.82) is 0 Å². The Hall–Kier alpha value is -3.35. The van der Waals surface area contributed by atoms with Gasteiger partial charge in [-0.1, -0.05) is 43.2 Å². The van der Waals surface area contributed by atoms with Gasteiger partial charge in [-0.15, -0.1) is 0 Å². The zero-order chi connectivity index (χ0) is 21.6. The summed E-state index contributed by atoms with van der Waals surface area (Å²) in [6.07, 6.45) is 3.28. The molecule has 7 heteroatoms. The number of aromatic hydroxyl groups is 1. The van der Waals surface area contributed by atoms with Crippen molar-refractivity contribution in [3.8, 4) is 11.5 Å². The lowest BCUT2D eigenvalue weighted by molar-refractivity contribution is -0.138. The number of carbonyl (C=O) groups excluding carboxylic acids is 1. The van der Waals surface area contributed by atoms with Crippen LogP contribution >= 0.6 is 0 Å². The maximum atomic E-state index is 12.1. The number of benzene rings is 2. The maximum Gasteiger partial charge on any atom is 0.303 e. The van der Waals surface area contributed by atoms with Gasteiger partial charge in [0.1, 0.15) is 11.5 Å². The van der Waals surface area contributed by atoms with E-state index in [0.29, 0.717) is 24.2 Å². The normalized spacial score (nSPS) is 9.83. The van der Waals surface area contributed by atoms with Gasteiger partial charge in [0, 0.05) is 24.5 Å². The van der Waals surface area contributed by atoms with Gasteiger partial charge in [0.05, 0.1) is 12.7 Å². The van der Waals surface area contributed by atoms with E-state index in [1.807, 2.05) is 6.07 Å². The number of phenolic OH excluding ortho intramolecular Hbond substituents is 1. The van der Waals surface area contributed by atoms with E-state index in [0.717, 1.165) is 12.8 Å². The van der Waals surface area contributed by atoms with Gasteiger partial charge in [-0.05, 0) is 25.0 Å². The van der Waals surface area contributed by atoms with E-state index in [1.54, 1.807) is 36.4 Å². The number of rotatable bonds is 10. The highest BCUT2D eigenvalue weighted by atomic mass is 16.5. The van der Waals surface area contributed by atoms with E-state index in [4.69, 9.17) is 14.9 Å². The standard InChI is InChI=1S/C14H12O3.C8H14O4/c1-17-11-7-8-12(13(15)9-11)14(16)10-5-3-2-4-6-10;9-7(10)5-3-1-2-4-6-8(11)12/h2-9,15H,1H3;1-6H2,(H,9,10)(H,11,12). The number of carboxylic acids is 2. The summed E-state index contributed by atoms with van der Waals surface area (Å²) >= 11 is 0. The Labute approximate surface area is 169 Å². The molecule has 0 aromatic heterocycles. The van der Waals surface area contributed by atoms with Crippen LogP contribution in [0.5, 0.6) is 11.5 Å². The first-order valence-electron chi connectivity index (χ1n) is 9.25. The second kappa shape index (κ2) is 12.9. The number of phenols is 1. The summed E-state index contributed by atoms with van der Waals surface area (Å²) < 4.78 is 4.96. The Balaban J connectivity index is 0.000000311. The molecular weight excluding hydrogens is 376 g/mol. The number of carbonyl (C=O) groups is 3. The van der Waals surface area contributed by atoms with Crippen LogP contribution in [0.15, 0.2) is 48.5 Å². The Morgan fingerprint density at radius 1 is 0.828 bits per heavy atom. The third kappa shape index (κ3) is 9.41. The minimum atomic E-state index is -0.784. The van der Waals surface area contributed by atoms with Crippen molar-refractivity contribution < 1.29 is 34.4 Å². The van der Waals surface area contributed by atoms with E-state index >= 15 is 0 Å². The molecule has 156 valence electrons. The molecule has 2 rings (SSSR count). The number of hydrogen-bond acceptors (Lipinski definition) is 5. The Kier molecular flexibility index (Phi) is 10.6. The van der Waals surface area contributed by atoms with Gasteiger partial charge in [0.2, 0.25) is 0 Å². The quantitative estimate of drug-likeness (QED) is 0.403. The summed E-state index contributed by atoms with van der Waals surface area (Å²) in [5, 5.41) is 26.3. The van der Waals surface area contributed by atoms with Crippen molar-refractivity contribution in [2.24, 2.45) is 0 Å². The van der Waals surface area contributed by atoms with Crippen LogP contribution in [0.2, 0.25) is 0 Å². The number of ketones is 1. The van der Waals surface area contributed by atoms with Gasteiger partial charge in [-0.3, -0.25) is 14.4 Å². The Morgan fingerprint density at radius 3 is 1.83 bits per heavy atom. The van der Waals surface area contributed by atoms with Gasteiger partial charge < -0.3 is 20.1 Å². The molecule has 0 saturated heterocycles. The molecule has 0 bridgehead atoms. The summed E-state index contributed by atoms with van der Waals surface area (Å²) in [4.78, 5) is 32.2. The molecule has 0 saturated carbocycles. The summed E-state index contributed by atoms with van der Waals surface area (Å²) in [6.45, 7) is 0. The molecule has 0 amide bonds. The summed E-state index contributed by atoms with van der Waals surface area (Å²) in [5.41, 5.74) is 0.824. The van der Waals surface area contributed by atoms with Crippen molar-refractivity contribution in [3.63, 3.8) is 0 Å². The second-order valence-electron chi connectivity index (χ2n) is 6.28. The average Bonchev–Trinajstić information content (AvgIpc) is 2.70. The molecule has 0 heterocycles. The molecule has 2 aromatic rings. The number of unbranched alkanes of at least 4 members (excludes halogenated alkanes) is 3. The van der Waals surface area contributed by atoms with E-state index < -0.39 is 11.9 Å². The third-order valence-electron chi connectivity index (χ3n) is 4.02. The van der Waals surface area contributed by atoms with Gasteiger partial charge in [-0.25, -0.2) is 0 Å². The molecule has 0 radical (unpaired) electrons. The first-order valence-corrected chi connectivity index (χ1v) is 9.25. The van der Waals surface area contributed by atoms with Crippen molar-refractivity contribution >= 4 is 17.7 Å². The highest BCUT2D eigenvalue weighted by Crippen LogP contribution is 2.25. The van der Waals surface area contributed by atoms with Crippen LogP contribution in [0.4, 0.5) is 0 Å². The first-order chi connectivity index (χ1) is 13.8. The first kappa shape index (κ1) is 23.7. The van der Waals surface area contributed by atoms with Crippen LogP contribution < -0.4 is 4.74 Å². The van der Waals surface area contributed by atoms with Crippen LogP contribution in [0.3, 0.4) is 0 Å². The summed E-state index contributed by atoms with van der Waals surface area (Å²) in [7, 11) is 1.51. The fourth-order valence-corrected chi connectivity index (χ4v) is 2.48. The van der Waals surface area contributed by atoms with Crippen molar-refractivity contribution in [2.75, 3.05) is 7.11 Å². The third-order valence-corrected chi connectivity index (χ3v) is 4.02. The van der Waals surface area contributed by atoms with Gasteiger partial charge in [-0.2, -0.15) is 0 Å². The van der Waals surface area contributed by atoms with Crippen molar-refractivity contribution in [2.45, 2.75) is 38.5 Å². The fraction of sp³-hybridized carbons (Fsp3) is 0.318. The molecule has 2 aromatic carbocycles. The monoisotopic (exact) mass is 402 g/mol. The minimum absolute atomic E-state index is 0.0711. The van der Waals surface area contributed by atoms with E-state index in [2.05, 4.69) is 0 Å². The maximum absolute atomic E-state index is 12.1. The van der Waals surface area contributed by atoms with Crippen molar-refractivity contribution in [1.82, 2.24) is 0 Å². The number of aliphatic carboxylic acids is 2.